The maximum absolute atomic E-state index is 13.3. The first-order chi connectivity index (χ1) is 7.86. The summed E-state index contributed by atoms with van der Waals surface area (Å²) in [6.45, 7) is 0.0437. The third kappa shape index (κ3) is 3.72. The van der Waals surface area contributed by atoms with Gasteiger partial charge in [-0.2, -0.15) is 0 Å². The zero-order valence-electron chi connectivity index (χ0n) is 9.19. The van der Waals surface area contributed by atoms with Gasteiger partial charge in [-0.05, 0) is 12.1 Å². The van der Waals surface area contributed by atoms with E-state index in [0.29, 0.717) is 6.07 Å². The second-order valence-electron chi connectivity index (χ2n) is 3.57. The molecule has 4 nitrogen and oxygen atoms in total. The molecule has 0 heterocycles. The number of halogens is 2. The van der Waals surface area contributed by atoms with Crippen LogP contribution >= 0.6 is 0 Å². The Morgan fingerprint density at radius 3 is 2.59 bits per heavy atom. The maximum Gasteiger partial charge on any atom is 0.182 e. The monoisotopic (exact) mass is 265 g/mol. The van der Waals surface area contributed by atoms with Crippen LogP contribution in [0.4, 0.5) is 8.78 Å². The van der Waals surface area contributed by atoms with Crippen LogP contribution in [0.2, 0.25) is 0 Å². The lowest BCUT2D eigenvalue weighted by Gasteiger charge is -2.11. The highest BCUT2D eigenvalue weighted by Crippen LogP contribution is 2.17. The van der Waals surface area contributed by atoms with Crippen LogP contribution in [0.15, 0.2) is 23.1 Å². The summed E-state index contributed by atoms with van der Waals surface area (Å²) < 4.78 is 54.1. The normalized spacial score (nSPS) is 13.6. The standard InChI is InChI=1S/C10H13F2NO3S/c1-16-5-8(13)6-17(14,15)10-3-2-7(11)4-9(10)12/h2-4,8H,5-6,13H2,1H3. The van der Waals surface area contributed by atoms with Crippen molar-refractivity contribution in [2.24, 2.45) is 5.73 Å². The fourth-order valence-corrected chi connectivity index (χ4v) is 2.83. The van der Waals surface area contributed by atoms with Crippen LogP contribution in [0.5, 0.6) is 0 Å². The Hall–Kier alpha value is -1.05. The van der Waals surface area contributed by atoms with Gasteiger partial charge in [-0.1, -0.05) is 0 Å². The molecule has 1 unspecified atom stereocenters. The minimum absolute atomic E-state index is 0.0437. The highest BCUT2D eigenvalue weighted by molar-refractivity contribution is 7.91. The molecule has 0 fully saturated rings. The summed E-state index contributed by atoms with van der Waals surface area (Å²) in [6, 6.07) is 1.54. The fourth-order valence-electron chi connectivity index (χ4n) is 1.36. The number of hydrogen-bond acceptors (Lipinski definition) is 4. The molecule has 0 aromatic heterocycles. The SMILES string of the molecule is COCC(N)CS(=O)(=O)c1ccc(F)cc1F. The Morgan fingerprint density at radius 1 is 1.41 bits per heavy atom. The van der Waals surface area contributed by atoms with E-state index in [4.69, 9.17) is 10.5 Å². The average Bonchev–Trinajstić information content (AvgIpc) is 2.15. The summed E-state index contributed by atoms with van der Waals surface area (Å²) in [4.78, 5) is -0.551. The molecule has 0 aliphatic heterocycles. The van der Waals surface area contributed by atoms with E-state index in [1.54, 1.807) is 0 Å². The number of ether oxygens (including phenoxy) is 1. The number of sulfone groups is 1. The summed E-state index contributed by atoms with van der Waals surface area (Å²) in [7, 11) is -2.50. The van der Waals surface area contributed by atoms with Crippen molar-refractivity contribution in [3.05, 3.63) is 29.8 Å². The van der Waals surface area contributed by atoms with E-state index in [1.165, 1.54) is 7.11 Å². The van der Waals surface area contributed by atoms with Gasteiger partial charge in [-0.25, -0.2) is 17.2 Å². The first-order valence-electron chi connectivity index (χ1n) is 4.79. The van der Waals surface area contributed by atoms with E-state index in [9.17, 15) is 17.2 Å². The first-order valence-corrected chi connectivity index (χ1v) is 6.44. The van der Waals surface area contributed by atoms with Crippen LogP contribution in [0.25, 0.3) is 0 Å². The third-order valence-electron chi connectivity index (χ3n) is 2.04. The van der Waals surface area contributed by atoms with Crippen molar-refractivity contribution in [1.82, 2.24) is 0 Å². The molecule has 0 spiro atoms. The molecule has 0 saturated heterocycles. The van der Waals surface area contributed by atoms with E-state index >= 15 is 0 Å². The largest absolute Gasteiger partial charge is 0.383 e. The molecule has 0 saturated carbocycles. The molecule has 0 aliphatic carbocycles. The van der Waals surface area contributed by atoms with Gasteiger partial charge in [0.15, 0.2) is 9.84 Å². The summed E-state index contributed by atoms with van der Waals surface area (Å²) in [5.74, 6) is -2.40. The van der Waals surface area contributed by atoms with Crippen LogP contribution in [-0.4, -0.2) is 33.9 Å². The number of methoxy groups -OCH3 is 1. The van der Waals surface area contributed by atoms with Gasteiger partial charge in [-0.3, -0.25) is 0 Å². The predicted octanol–water partition coefficient (Wildman–Crippen LogP) is 0.712. The molecule has 1 rings (SSSR count). The lowest BCUT2D eigenvalue weighted by Crippen LogP contribution is -2.34. The van der Waals surface area contributed by atoms with Gasteiger partial charge in [0.2, 0.25) is 0 Å². The first kappa shape index (κ1) is 14.0. The number of hydrogen-bond donors (Lipinski definition) is 1. The smallest absolute Gasteiger partial charge is 0.182 e. The highest BCUT2D eigenvalue weighted by atomic mass is 32.2. The van der Waals surface area contributed by atoms with Gasteiger partial charge in [0.25, 0.3) is 0 Å². The molecule has 1 atom stereocenters. The van der Waals surface area contributed by atoms with Gasteiger partial charge in [-0.15, -0.1) is 0 Å². The Morgan fingerprint density at radius 2 is 2.06 bits per heavy atom. The summed E-state index contributed by atoms with van der Waals surface area (Å²) in [6.07, 6.45) is 0. The van der Waals surface area contributed by atoms with Crippen molar-refractivity contribution in [2.45, 2.75) is 10.9 Å². The van der Waals surface area contributed by atoms with Crippen molar-refractivity contribution in [3.63, 3.8) is 0 Å². The molecular formula is C10H13F2NO3S. The molecule has 1 aromatic rings. The van der Waals surface area contributed by atoms with Crippen LogP contribution in [0, 0.1) is 11.6 Å². The number of rotatable bonds is 5. The molecule has 0 bridgehead atoms. The topological polar surface area (TPSA) is 69.4 Å². The van der Waals surface area contributed by atoms with E-state index in [1.807, 2.05) is 0 Å². The van der Waals surface area contributed by atoms with E-state index in [0.717, 1.165) is 12.1 Å². The third-order valence-corrected chi connectivity index (χ3v) is 3.91. The fraction of sp³-hybridized carbons (Fsp3) is 0.400. The molecule has 0 radical (unpaired) electrons. The zero-order chi connectivity index (χ0) is 13.1. The highest BCUT2D eigenvalue weighted by Gasteiger charge is 2.22. The van der Waals surface area contributed by atoms with Crippen LogP contribution in [0.1, 0.15) is 0 Å². The lowest BCUT2D eigenvalue weighted by molar-refractivity contribution is 0.186. The van der Waals surface area contributed by atoms with Crippen molar-refractivity contribution in [2.75, 3.05) is 19.5 Å². The zero-order valence-corrected chi connectivity index (χ0v) is 10.0. The molecular weight excluding hydrogens is 252 g/mol. The summed E-state index contributed by atoms with van der Waals surface area (Å²) in [5, 5.41) is 0. The van der Waals surface area contributed by atoms with Crippen LogP contribution in [0.3, 0.4) is 0 Å². The quantitative estimate of drug-likeness (QED) is 0.796. The minimum Gasteiger partial charge on any atom is -0.383 e. The minimum atomic E-state index is -3.88. The van der Waals surface area contributed by atoms with E-state index in [2.05, 4.69) is 0 Å². The number of benzene rings is 1. The predicted molar refractivity (Wildman–Crippen MR) is 58.3 cm³/mol. The van der Waals surface area contributed by atoms with Gasteiger partial charge >= 0.3 is 0 Å². The molecule has 2 N–H and O–H groups in total. The molecule has 96 valence electrons. The van der Waals surface area contributed by atoms with Crippen molar-refractivity contribution in [3.8, 4) is 0 Å². The average molecular weight is 265 g/mol. The second-order valence-corrected chi connectivity index (χ2v) is 5.57. The Labute approximate surface area is 98.3 Å². The molecule has 1 aromatic carbocycles. The van der Waals surface area contributed by atoms with Gasteiger partial charge in [0.1, 0.15) is 16.5 Å². The van der Waals surface area contributed by atoms with Gasteiger partial charge < -0.3 is 10.5 Å². The van der Waals surface area contributed by atoms with Crippen LogP contribution in [-0.2, 0) is 14.6 Å². The lowest BCUT2D eigenvalue weighted by atomic mass is 10.3. The molecule has 17 heavy (non-hydrogen) atoms. The summed E-state index contributed by atoms with van der Waals surface area (Å²) >= 11 is 0. The Balaban J connectivity index is 2.97. The van der Waals surface area contributed by atoms with E-state index < -0.39 is 38.2 Å². The number of nitrogens with two attached hydrogens (primary N) is 1. The van der Waals surface area contributed by atoms with Crippen LogP contribution < -0.4 is 5.73 Å². The van der Waals surface area contributed by atoms with Crippen molar-refractivity contribution >= 4 is 9.84 Å². The maximum atomic E-state index is 13.3. The Bertz CT molecular complexity index is 490. The molecule has 0 aliphatic rings. The molecule has 0 amide bonds. The second kappa shape index (κ2) is 5.52. The van der Waals surface area contributed by atoms with E-state index in [-0.39, 0.29) is 6.61 Å². The van der Waals surface area contributed by atoms with Gasteiger partial charge in [0.05, 0.1) is 12.4 Å². The van der Waals surface area contributed by atoms with Crippen molar-refractivity contribution < 1.29 is 21.9 Å². The van der Waals surface area contributed by atoms with Gasteiger partial charge in [0, 0.05) is 19.2 Å². The summed E-state index contributed by atoms with van der Waals surface area (Å²) in [5.41, 5.74) is 5.49. The van der Waals surface area contributed by atoms with Crippen molar-refractivity contribution in [1.29, 1.82) is 0 Å². The molecule has 7 heteroatoms. The Kier molecular flexibility index (Phi) is 4.55.